The van der Waals surface area contributed by atoms with E-state index in [1.807, 2.05) is 37.3 Å². The van der Waals surface area contributed by atoms with Crippen molar-refractivity contribution in [1.82, 2.24) is 10.5 Å². The maximum atomic E-state index is 12.3. The Hall–Kier alpha value is -2.15. The van der Waals surface area contributed by atoms with Crippen LogP contribution in [0.3, 0.4) is 0 Å². The average molecular weight is 336 g/mol. The molecule has 0 aliphatic carbocycles. The van der Waals surface area contributed by atoms with Gasteiger partial charge in [-0.2, -0.15) is 0 Å². The Morgan fingerprint density at radius 1 is 1.26 bits per heavy atom. The second-order valence-electron chi connectivity index (χ2n) is 5.52. The summed E-state index contributed by atoms with van der Waals surface area (Å²) in [6.07, 6.45) is 0. The van der Waals surface area contributed by atoms with Crippen LogP contribution in [0.1, 0.15) is 36.9 Å². The molecule has 0 bridgehead atoms. The quantitative estimate of drug-likeness (QED) is 0.873. The zero-order valence-corrected chi connectivity index (χ0v) is 14.1. The molecule has 1 aromatic heterocycles. The van der Waals surface area contributed by atoms with Gasteiger partial charge in [-0.15, -0.1) is 0 Å². The van der Waals surface area contributed by atoms with E-state index >= 15 is 0 Å². The first-order valence-corrected chi connectivity index (χ1v) is 9.00. The SMILES string of the molecule is Cc1cc(CS(=O)(=O)[C@H](C)C(=O)N[C@H](C)c2ccccc2)on1. The molecule has 1 amide bonds. The van der Waals surface area contributed by atoms with Crippen LogP contribution in [0.2, 0.25) is 0 Å². The third kappa shape index (κ3) is 4.41. The first-order chi connectivity index (χ1) is 10.8. The summed E-state index contributed by atoms with van der Waals surface area (Å²) in [4.78, 5) is 12.2. The van der Waals surface area contributed by atoms with Gasteiger partial charge in [0.15, 0.2) is 15.6 Å². The van der Waals surface area contributed by atoms with Gasteiger partial charge in [-0.05, 0) is 26.3 Å². The Kier molecular flexibility index (Phi) is 5.20. The van der Waals surface area contributed by atoms with Crippen LogP contribution in [0, 0.1) is 6.92 Å². The number of carbonyl (C=O) groups excluding carboxylic acids is 1. The van der Waals surface area contributed by atoms with Gasteiger partial charge in [0.25, 0.3) is 0 Å². The van der Waals surface area contributed by atoms with Gasteiger partial charge in [0.1, 0.15) is 11.0 Å². The summed E-state index contributed by atoms with van der Waals surface area (Å²) in [7, 11) is -3.67. The van der Waals surface area contributed by atoms with E-state index in [-0.39, 0.29) is 17.6 Å². The molecule has 0 aliphatic heterocycles. The van der Waals surface area contributed by atoms with E-state index in [9.17, 15) is 13.2 Å². The predicted molar refractivity (Wildman–Crippen MR) is 86.3 cm³/mol. The summed E-state index contributed by atoms with van der Waals surface area (Å²) in [5.41, 5.74) is 1.52. The summed E-state index contributed by atoms with van der Waals surface area (Å²) in [5.74, 6) is -0.641. The Bertz CT molecular complexity index is 768. The minimum absolute atomic E-state index is 0.234. The van der Waals surface area contributed by atoms with Crippen molar-refractivity contribution in [2.75, 3.05) is 0 Å². The smallest absolute Gasteiger partial charge is 0.238 e. The number of hydrogen-bond donors (Lipinski definition) is 1. The van der Waals surface area contributed by atoms with E-state index in [0.29, 0.717) is 5.69 Å². The lowest BCUT2D eigenvalue weighted by Gasteiger charge is -2.17. The van der Waals surface area contributed by atoms with E-state index in [4.69, 9.17) is 4.52 Å². The molecule has 0 saturated carbocycles. The van der Waals surface area contributed by atoms with Crippen molar-refractivity contribution >= 4 is 15.7 Å². The average Bonchev–Trinajstić information content (AvgIpc) is 2.91. The summed E-state index contributed by atoms with van der Waals surface area (Å²) in [6.45, 7) is 4.90. The third-order valence-corrected chi connectivity index (χ3v) is 5.56. The molecule has 0 aliphatic rings. The van der Waals surface area contributed by atoms with E-state index in [2.05, 4.69) is 10.5 Å². The molecule has 0 unspecified atom stereocenters. The Balaban J connectivity index is 2.03. The number of aryl methyl sites for hydroxylation is 1. The monoisotopic (exact) mass is 336 g/mol. The van der Waals surface area contributed by atoms with Crippen molar-refractivity contribution in [3.63, 3.8) is 0 Å². The molecular formula is C16H20N2O4S. The molecule has 2 aromatic rings. The Morgan fingerprint density at radius 2 is 1.91 bits per heavy atom. The lowest BCUT2D eigenvalue weighted by Crippen LogP contribution is -2.39. The minimum atomic E-state index is -3.67. The minimum Gasteiger partial charge on any atom is -0.360 e. The predicted octanol–water partition coefficient (Wildman–Crippen LogP) is 2.16. The summed E-state index contributed by atoms with van der Waals surface area (Å²) in [5, 5.41) is 5.21. The van der Waals surface area contributed by atoms with Crippen molar-refractivity contribution in [2.24, 2.45) is 0 Å². The van der Waals surface area contributed by atoms with Crippen LogP contribution in [0.5, 0.6) is 0 Å². The molecule has 6 nitrogen and oxygen atoms in total. The zero-order valence-electron chi connectivity index (χ0n) is 13.3. The number of amides is 1. The standard InChI is InChI=1S/C16H20N2O4S/c1-11-9-15(22-18-11)10-23(20,21)13(3)16(19)17-12(2)14-7-5-4-6-8-14/h4-9,12-13H,10H2,1-3H3,(H,17,19)/t12-,13-/m1/s1. The molecule has 0 spiro atoms. The van der Waals surface area contributed by atoms with E-state index in [0.717, 1.165) is 5.56 Å². The maximum absolute atomic E-state index is 12.3. The first kappa shape index (κ1) is 17.2. The molecular weight excluding hydrogens is 316 g/mol. The van der Waals surface area contributed by atoms with Crippen LogP contribution in [0.15, 0.2) is 40.9 Å². The van der Waals surface area contributed by atoms with Crippen LogP contribution in [0.4, 0.5) is 0 Å². The van der Waals surface area contributed by atoms with Gasteiger partial charge >= 0.3 is 0 Å². The van der Waals surface area contributed by atoms with Gasteiger partial charge in [-0.25, -0.2) is 8.42 Å². The fourth-order valence-corrected chi connectivity index (χ4v) is 3.30. The van der Waals surface area contributed by atoms with Gasteiger partial charge in [-0.1, -0.05) is 35.5 Å². The lowest BCUT2D eigenvalue weighted by atomic mass is 10.1. The number of nitrogens with one attached hydrogen (secondary N) is 1. The highest BCUT2D eigenvalue weighted by molar-refractivity contribution is 7.92. The van der Waals surface area contributed by atoms with Crippen molar-refractivity contribution in [3.05, 3.63) is 53.4 Å². The molecule has 2 rings (SSSR count). The van der Waals surface area contributed by atoms with E-state index < -0.39 is 21.0 Å². The number of sulfone groups is 1. The Morgan fingerprint density at radius 3 is 2.48 bits per heavy atom. The van der Waals surface area contributed by atoms with Crippen LogP contribution in [-0.2, 0) is 20.4 Å². The molecule has 2 atom stereocenters. The van der Waals surface area contributed by atoms with Crippen molar-refractivity contribution in [1.29, 1.82) is 0 Å². The normalized spacial score (nSPS) is 14.2. The number of carbonyl (C=O) groups is 1. The highest BCUT2D eigenvalue weighted by Crippen LogP contribution is 2.15. The highest BCUT2D eigenvalue weighted by atomic mass is 32.2. The molecule has 23 heavy (non-hydrogen) atoms. The van der Waals surface area contributed by atoms with Gasteiger partial charge in [-0.3, -0.25) is 4.79 Å². The number of hydrogen-bond acceptors (Lipinski definition) is 5. The third-order valence-electron chi connectivity index (χ3n) is 3.59. The molecule has 0 fully saturated rings. The second kappa shape index (κ2) is 6.95. The summed E-state index contributed by atoms with van der Waals surface area (Å²) < 4.78 is 29.6. The highest BCUT2D eigenvalue weighted by Gasteiger charge is 2.30. The first-order valence-electron chi connectivity index (χ1n) is 7.28. The van der Waals surface area contributed by atoms with Crippen LogP contribution >= 0.6 is 0 Å². The summed E-state index contributed by atoms with van der Waals surface area (Å²) >= 11 is 0. The van der Waals surface area contributed by atoms with E-state index in [1.54, 1.807) is 13.0 Å². The van der Waals surface area contributed by atoms with Gasteiger partial charge in [0, 0.05) is 6.07 Å². The summed E-state index contributed by atoms with van der Waals surface area (Å²) in [6, 6.07) is 10.6. The largest absolute Gasteiger partial charge is 0.360 e. The van der Waals surface area contributed by atoms with Crippen LogP contribution in [-0.4, -0.2) is 24.7 Å². The number of benzene rings is 1. The van der Waals surface area contributed by atoms with Crippen LogP contribution in [0.25, 0.3) is 0 Å². The molecule has 0 saturated heterocycles. The molecule has 1 heterocycles. The van der Waals surface area contributed by atoms with Crippen LogP contribution < -0.4 is 5.32 Å². The molecule has 1 aromatic carbocycles. The maximum Gasteiger partial charge on any atom is 0.238 e. The topological polar surface area (TPSA) is 89.3 Å². The lowest BCUT2D eigenvalue weighted by molar-refractivity contribution is -0.121. The van der Waals surface area contributed by atoms with Gasteiger partial charge in [0.05, 0.1) is 11.7 Å². The zero-order chi connectivity index (χ0) is 17.0. The number of nitrogens with zero attached hydrogens (tertiary/aromatic N) is 1. The van der Waals surface area contributed by atoms with Crippen molar-refractivity contribution in [3.8, 4) is 0 Å². The second-order valence-corrected chi connectivity index (χ2v) is 7.85. The molecule has 124 valence electrons. The van der Waals surface area contributed by atoms with Gasteiger partial charge < -0.3 is 9.84 Å². The fourth-order valence-electron chi connectivity index (χ4n) is 2.13. The molecule has 0 radical (unpaired) electrons. The van der Waals surface area contributed by atoms with Crippen molar-refractivity contribution < 1.29 is 17.7 Å². The number of aromatic nitrogens is 1. The van der Waals surface area contributed by atoms with Crippen molar-refractivity contribution in [2.45, 2.75) is 37.8 Å². The number of rotatable bonds is 6. The molecule has 1 N–H and O–H groups in total. The van der Waals surface area contributed by atoms with E-state index in [1.165, 1.54) is 6.92 Å². The molecule has 7 heteroatoms. The fraction of sp³-hybridized carbons (Fsp3) is 0.375. The van der Waals surface area contributed by atoms with Gasteiger partial charge in [0.2, 0.25) is 5.91 Å². The Labute approximate surface area is 135 Å².